The van der Waals surface area contributed by atoms with Gasteiger partial charge in [-0.15, -0.1) is 0 Å². The molecule has 5 nitrogen and oxygen atoms in total. The van der Waals surface area contributed by atoms with Crippen LogP contribution >= 0.6 is 0 Å². The zero-order valence-electron chi connectivity index (χ0n) is 14.5. The van der Waals surface area contributed by atoms with Gasteiger partial charge in [-0.1, -0.05) is 18.2 Å². The standard InChI is InChI=1S/C19H14F3N3O2S/c1-10-2-7-14-13(16(10)20)8-9-15-17(19(21)22)24-25(18(14)15)11-3-5-12(6-4-11)28(23,26)27/h2-9,19H,1H3,(H2,23,26,27). The van der Waals surface area contributed by atoms with Crippen molar-refractivity contribution in [3.8, 4) is 5.69 Å². The number of nitrogens with two attached hydrogens (primary N) is 1. The second kappa shape index (κ2) is 6.32. The summed E-state index contributed by atoms with van der Waals surface area (Å²) in [6.45, 7) is 1.62. The van der Waals surface area contributed by atoms with Gasteiger partial charge >= 0.3 is 0 Å². The molecule has 0 amide bonds. The van der Waals surface area contributed by atoms with Crippen molar-refractivity contribution in [3.05, 3.63) is 65.6 Å². The molecule has 28 heavy (non-hydrogen) atoms. The number of sulfonamides is 1. The van der Waals surface area contributed by atoms with Crippen LogP contribution in [0.15, 0.2) is 53.4 Å². The van der Waals surface area contributed by atoms with Gasteiger partial charge in [0.25, 0.3) is 6.43 Å². The van der Waals surface area contributed by atoms with Crippen LogP contribution in [0.4, 0.5) is 13.2 Å². The van der Waals surface area contributed by atoms with E-state index in [2.05, 4.69) is 5.10 Å². The summed E-state index contributed by atoms with van der Waals surface area (Å²) < 4.78 is 65.8. The van der Waals surface area contributed by atoms with Gasteiger partial charge in [0.15, 0.2) is 0 Å². The molecular weight excluding hydrogens is 391 g/mol. The fourth-order valence-corrected chi connectivity index (χ4v) is 3.75. The number of fused-ring (bicyclic) bond motifs is 3. The number of benzene rings is 3. The summed E-state index contributed by atoms with van der Waals surface area (Å²) in [7, 11) is -3.90. The molecule has 0 spiro atoms. The molecule has 0 aliphatic rings. The van der Waals surface area contributed by atoms with Gasteiger partial charge in [0.1, 0.15) is 11.5 Å². The Labute approximate surface area is 158 Å². The number of primary sulfonamides is 1. The average Bonchev–Trinajstić information content (AvgIpc) is 3.04. The van der Waals surface area contributed by atoms with E-state index in [-0.39, 0.29) is 15.7 Å². The van der Waals surface area contributed by atoms with E-state index in [0.717, 1.165) is 0 Å². The van der Waals surface area contributed by atoms with Gasteiger partial charge in [-0.25, -0.2) is 31.4 Å². The number of hydrogen-bond acceptors (Lipinski definition) is 3. The lowest BCUT2D eigenvalue weighted by atomic mass is 10.0. The summed E-state index contributed by atoms with van der Waals surface area (Å²) in [6, 6.07) is 11.4. The molecular formula is C19H14F3N3O2S. The number of aryl methyl sites for hydroxylation is 1. The van der Waals surface area contributed by atoms with E-state index < -0.39 is 28.0 Å². The first-order valence-corrected chi connectivity index (χ1v) is 9.75. The third-order valence-electron chi connectivity index (χ3n) is 4.61. The Morgan fingerprint density at radius 2 is 1.57 bits per heavy atom. The highest BCUT2D eigenvalue weighted by molar-refractivity contribution is 7.89. The highest BCUT2D eigenvalue weighted by Crippen LogP contribution is 2.35. The maximum absolute atomic E-state index is 14.6. The van der Waals surface area contributed by atoms with Crippen LogP contribution in [0.3, 0.4) is 0 Å². The van der Waals surface area contributed by atoms with Crippen LogP contribution in [0.5, 0.6) is 0 Å². The summed E-state index contributed by atoms with van der Waals surface area (Å²) in [6.07, 6.45) is -2.83. The largest absolute Gasteiger partial charge is 0.282 e. The Bertz CT molecular complexity index is 1330. The van der Waals surface area contributed by atoms with E-state index in [0.29, 0.717) is 22.2 Å². The van der Waals surface area contributed by atoms with E-state index >= 15 is 0 Å². The second-order valence-corrected chi connectivity index (χ2v) is 7.95. The fourth-order valence-electron chi connectivity index (χ4n) is 3.23. The van der Waals surface area contributed by atoms with Gasteiger partial charge in [0.2, 0.25) is 10.0 Å². The van der Waals surface area contributed by atoms with Crippen LogP contribution in [0.1, 0.15) is 17.7 Å². The molecule has 0 aliphatic carbocycles. The van der Waals surface area contributed by atoms with E-state index in [9.17, 15) is 21.6 Å². The van der Waals surface area contributed by atoms with Crippen molar-refractivity contribution in [2.45, 2.75) is 18.2 Å². The Morgan fingerprint density at radius 3 is 2.18 bits per heavy atom. The lowest BCUT2D eigenvalue weighted by molar-refractivity contribution is 0.147. The molecule has 4 rings (SSSR count). The minimum absolute atomic E-state index is 0.117. The van der Waals surface area contributed by atoms with Crippen LogP contribution in [-0.2, 0) is 10.0 Å². The minimum Gasteiger partial charge on any atom is -0.232 e. The molecule has 0 atom stereocenters. The molecule has 0 saturated carbocycles. The van der Waals surface area contributed by atoms with Gasteiger partial charge in [-0.3, -0.25) is 0 Å². The monoisotopic (exact) mass is 405 g/mol. The lowest BCUT2D eigenvalue weighted by Crippen LogP contribution is -2.12. The van der Waals surface area contributed by atoms with E-state index in [1.54, 1.807) is 19.1 Å². The van der Waals surface area contributed by atoms with Gasteiger partial charge in [-0.05, 0) is 42.8 Å². The summed E-state index contributed by atoms with van der Waals surface area (Å²) in [5.74, 6) is -0.435. The SMILES string of the molecule is Cc1ccc2c(ccc3c(C(F)F)nn(-c4ccc(S(N)(=O)=O)cc4)c32)c1F. The van der Waals surface area contributed by atoms with Crippen LogP contribution in [0, 0.1) is 12.7 Å². The second-order valence-electron chi connectivity index (χ2n) is 6.39. The van der Waals surface area contributed by atoms with E-state index in [1.165, 1.54) is 41.1 Å². The first-order chi connectivity index (χ1) is 13.2. The topological polar surface area (TPSA) is 78.0 Å². The molecule has 0 radical (unpaired) electrons. The number of halogens is 3. The highest BCUT2D eigenvalue weighted by Gasteiger charge is 2.22. The van der Waals surface area contributed by atoms with Crippen molar-refractivity contribution in [1.29, 1.82) is 0 Å². The number of alkyl halides is 2. The summed E-state index contributed by atoms with van der Waals surface area (Å²) >= 11 is 0. The summed E-state index contributed by atoms with van der Waals surface area (Å²) in [5, 5.41) is 10.0. The third-order valence-corrected chi connectivity index (χ3v) is 5.54. The Hall–Kier alpha value is -2.91. The van der Waals surface area contributed by atoms with Crippen molar-refractivity contribution in [2.75, 3.05) is 0 Å². The van der Waals surface area contributed by atoms with Gasteiger partial charge in [0.05, 0.1) is 16.1 Å². The van der Waals surface area contributed by atoms with Crippen LogP contribution in [0.25, 0.3) is 27.4 Å². The maximum atomic E-state index is 14.6. The van der Waals surface area contributed by atoms with Crippen molar-refractivity contribution < 1.29 is 21.6 Å². The molecule has 0 fully saturated rings. The van der Waals surface area contributed by atoms with E-state index in [1.807, 2.05) is 0 Å². The Balaban J connectivity index is 2.07. The zero-order chi connectivity index (χ0) is 20.2. The average molecular weight is 405 g/mol. The zero-order valence-corrected chi connectivity index (χ0v) is 15.3. The van der Waals surface area contributed by atoms with Crippen LogP contribution < -0.4 is 5.14 Å². The van der Waals surface area contributed by atoms with Crippen molar-refractivity contribution in [1.82, 2.24) is 9.78 Å². The number of nitrogens with zero attached hydrogens (tertiary/aromatic N) is 2. The molecule has 9 heteroatoms. The normalized spacial score (nSPS) is 12.4. The number of aromatic nitrogens is 2. The molecule has 1 aromatic heterocycles. The van der Waals surface area contributed by atoms with E-state index in [4.69, 9.17) is 5.14 Å². The first kappa shape index (κ1) is 18.5. The van der Waals surface area contributed by atoms with Crippen molar-refractivity contribution in [2.24, 2.45) is 5.14 Å². The molecule has 0 aliphatic heterocycles. The molecule has 144 valence electrons. The van der Waals surface area contributed by atoms with Crippen LogP contribution in [0.2, 0.25) is 0 Å². The smallest absolute Gasteiger partial charge is 0.232 e. The summed E-state index contributed by atoms with van der Waals surface area (Å²) in [5.41, 5.74) is 0.658. The summed E-state index contributed by atoms with van der Waals surface area (Å²) in [4.78, 5) is -0.117. The predicted octanol–water partition coefficient (Wildman–Crippen LogP) is 4.21. The molecule has 0 unspecified atom stereocenters. The molecule has 0 saturated heterocycles. The van der Waals surface area contributed by atoms with Gasteiger partial charge in [0, 0.05) is 16.2 Å². The maximum Gasteiger partial charge on any atom is 0.282 e. The molecule has 0 bridgehead atoms. The molecule has 1 heterocycles. The Morgan fingerprint density at radius 1 is 0.964 bits per heavy atom. The minimum atomic E-state index is -3.90. The van der Waals surface area contributed by atoms with Crippen molar-refractivity contribution >= 4 is 31.7 Å². The predicted molar refractivity (Wildman–Crippen MR) is 99.6 cm³/mol. The van der Waals surface area contributed by atoms with Gasteiger partial charge < -0.3 is 0 Å². The highest BCUT2D eigenvalue weighted by atomic mass is 32.2. The van der Waals surface area contributed by atoms with Gasteiger partial charge in [-0.2, -0.15) is 5.10 Å². The van der Waals surface area contributed by atoms with Crippen molar-refractivity contribution in [3.63, 3.8) is 0 Å². The number of rotatable bonds is 3. The van der Waals surface area contributed by atoms with Crippen LogP contribution in [-0.4, -0.2) is 18.2 Å². The quantitative estimate of drug-likeness (QED) is 0.555. The third kappa shape index (κ3) is 2.83. The molecule has 3 aromatic carbocycles. The Kier molecular flexibility index (Phi) is 4.16. The molecule has 2 N–H and O–H groups in total. The fraction of sp³-hybridized carbons (Fsp3) is 0.105. The molecule has 4 aromatic rings. The number of hydrogen-bond donors (Lipinski definition) is 1. The first-order valence-electron chi connectivity index (χ1n) is 8.20. The lowest BCUT2D eigenvalue weighted by Gasteiger charge is -2.08.